The summed E-state index contributed by atoms with van der Waals surface area (Å²) in [5.41, 5.74) is 6.34. The van der Waals surface area contributed by atoms with Gasteiger partial charge in [0.1, 0.15) is 12.4 Å². The maximum Gasteiger partial charge on any atom is 0.317 e. The number of H-pyrrole nitrogens is 1. The SMILES string of the molecule is O=C(CSc1[nH]c2ccccc2[n+]1Cc1ccccc1)NN=Cc1cccc(F)c1. The second kappa shape index (κ2) is 9.37. The molecule has 0 atom stereocenters. The number of nitrogens with zero attached hydrogens (tertiary/aromatic N) is 2. The van der Waals surface area contributed by atoms with E-state index in [1.165, 1.54) is 35.7 Å². The van der Waals surface area contributed by atoms with E-state index >= 15 is 0 Å². The fourth-order valence-corrected chi connectivity index (χ4v) is 3.91. The van der Waals surface area contributed by atoms with Crippen LogP contribution in [0.3, 0.4) is 0 Å². The summed E-state index contributed by atoms with van der Waals surface area (Å²) >= 11 is 1.41. The zero-order valence-electron chi connectivity index (χ0n) is 16.1. The van der Waals surface area contributed by atoms with Gasteiger partial charge in [-0.05, 0) is 47.2 Å². The van der Waals surface area contributed by atoms with Crippen LogP contribution in [0.2, 0.25) is 0 Å². The van der Waals surface area contributed by atoms with Crippen molar-refractivity contribution < 1.29 is 13.8 Å². The molecule has 0 saturated carbocycles. The molecule has 0 saturated heterocycles. The number of aromatic amines is 1. The normalized spacial score (nSPS) is 11.2. The molecule has 0 aliphatic carbocycles. The molecule has 0 fully saturated rings. The van der Waals surface area contributed by atoms with E-state index in [0.29, 0.717) is 12.1 Å². The van der Waals surface area contributed by atoms with Gasteiger partial charge in [-0.15, -0.1) is 0 Å². The molecule has 1 heterocycles. The van der Waals surface area contributed by atoms with Gasteiger partial charge in [-0.3, -0.25) is 4.79 Å². The van der Waals surface area contributed by atoms with Crippen LogP contribution in [0, 0.1) is 5.82 Å². The molecule has 0 aliphatic heterocycles. The van der Waals surface area contributed by atoms with Crippen LogP contribution in [0.4, 0.5) is 4.39 Å². The highest BCUT2D eigenvalue weighted by Gasteiger charge is 2.20. The first kappa shape index (κ1) is 19.8. The molecule has 0 radical (unpaired) electrons. The Kier molecular flexibility index (Phi) is 6.20. The topological polar surface area (TPSA) is 61.1 Å². The minimum atomic E-state index is -0.345. The summed E-state index contributed by atoms with van der Waals surface area (Å²) in [6, 6.07) is 24.3. The van der Waals surface area contributed by atoms with Crippen molar-refractivity contribution in [1.82, 2.24) is 10.4 Å². The molecule has 7 heteroatoms. The van der Waals surface area contributed by atoms with Gasteiger partial charge in [-0.25, -0.2) is 19.4 Å². The average Bonchev–Trinajstić information content (AvgIpc) is 3.10. The largest absolute Gasteiger partial charge is 0.317 e. The molecule has 0 unspecified atom stereocenters. The number of halogens is 1. The van der Waals surface area contributed by atoms with Gasteiger partial charge in [0.05, 0.1) is 12.0 Å². The highest BCUT2D eigenvalue weighted by Crippen LogP contribution is 2.18. The minimum absolute atomic E-state index is 0.197. The molecular formula is C23H20FN4OS+. The number of imidazole rings is 1. The Morgan fingerprint density at radius 1 is 1.07 bits per heavy atom. The van der Waals surface area contributed by atoms with Crippen LogP contribution in [0.15, 0.2) is 89.1 Å². The van der Waals surface area contributed by atoms with Crippen molar-refractivity contribution in [2.75, 3.05) is 5.75 Å². The van der Waals surface area contributed by atoms with Crippen molar-refractivity contribution in [3.05, 3.63) is 95.8 Å². The van der Waals surface area contributed by atoms with E-state index < -0.39 is 0 Å². The minimum Gasteiger partial charge on any atom is -0.272 e. The van der Waals surface area contributed by atoms with Gasteiger partial charge in [-0.2, -0.15) is 5.10 Å². The number of amides is 1. The van der Waals surface area contributed by atoms with E-state index in [1.54, 1.807) is 12.1 Å². The molecular weight excluding hydrogens is 399 g/mol. The fourth-order valence-electron chi connectivity index (χ4n) is 3.08. The molecule has 0 spiro atoms. The summed E-state index contributed by atoms with van der Waals surface area (Å²) in [4.78, 5) is 15.6. The summed E-state index contributed by atoms with van der Waals surface area (Å²) < 4.78 is 15.4. The molecule has 2 N–H and O–H groups in total. The average molecular weight is 420 g/mol. The van der Waals surface area contributed by atoms with E-state index in [2.05, 4.69) is 38.3 Å². The van der Waals surface area contributed by atoms with Gasteiger partial charge in [-0.1, -0.05) is 54.6 Å². The summed E-state index contributed by atoms with van der Waals surface area (Å²) in [5, 5.41) is 4.80. The number of hydrogen-bond acceptors (Lipinski definition) is 3. The number of nitrogens with one attached hydrogen (secondary N) is 2. The van der Waals surface area contributed by atoms with E-state index in [4.69, 9.17) is 0 Å². The first-order valence-electron chi connectivity index (χ1n) is 9.44. The Labute approximate surface area is 177 Å². The van der Waals surface area contributed by atoms with Gasteiger partial charge in [0.25, 0.3) is 5.91 Å². The Morgan fingerprint density at radius 3 is 2.70 bits per heavy atom. The molecule has 150 valence electrons. The molecule has 1 amide bonds. The van der Waals surface area contributed by atoms with Crippen LogP contribution in [0.25, 0.3) is 11.0 Å². The second-order valence-electron chi connectivity index (χ2n) is 6.66. The molecule has 0 aliphatic rings. The highest BCUT2D eigenvalue weighted by molar-refractivity contribution is 7.99. The van der Waals surface area contributed by atoms with Crippen molar-refractivity contribution in [1.29, 1.82) is 0 Å². The maximum absolute atomic E-state index is 13.2. The van der Waals surface area contributed by atoms with E-state index in [9.17, 15) is 9.18 Å². The summed E-state index contributed by atoms with van der Waals surface area (Å²) in [6.07, 6.45) is 1.42. The van der Waals surface area contributed by atoms with Gasteiger partial charge >= 0.3 is 5.16 Å². The highest BCUT2D eigenvalue weighted by atomic mass is 32.2. The molecule has 1 aromatic heterocycles. The standard InChI is InChI=1S/C23H19FN4OS/c24-19-10-6-9-18(13-19)14-25-27-22(29)16-30-23-26-20-11-4-5-12-21(20)28(23)15-17-7-2-1-3-8-17/h1-14H,15-16H2,(H,27,29)/p+1. The summed E-state index contributed by atoms with van der Waals surface area (Å²) in [7, 11) is 0. The number of rotatable bonds is 7. The number of aromatic nitrogens is 2. The molecule has 0 bridgehead atoms. The molecule has 5 nitrogen and oxygen atoms in total. The van der Waals surface area contributed by atoms with E-state index in [-0.39, 0.29) is 17.5 Å². The number of carbonyl (C=O) groups is 1. The summed E-state index contributed by atoms with van der Waals surface area (Å²) in [5.74, 6) is -0.387. The van der Waals surface area contributed by atoms with Crippen LogP contribution in [0.5, 0.6) is 0 Å². The molecule has 30 heavy (non-hydrogen) atoms. The van der Waals surface area contributed by atoms with Crippen LogP contribution >= 0.6 is 11.8 Å². The van der Waals surface area contributed by atoms with Crippen LogP contribution in [0.1, 0.15) is 11.1 Å². The zero-order valence-corrected chi connectivity index (χ0v) is 16.9. The van der Waals surface area contributed by atoms with E-state index in [0.717, 1.165) is 16.2 Å². The number of hydrogen-bond donors (Lipinski definition) is 2. The number of benzene rings is 3. The van der Waals surface area contributed by atoms with Crippen molar-refractivity contribution in [2.45, 2.75) is 11.7 Å². The number of carbonyl (C=O) groups excluding carboxylic acids is 1. The monoisotopic (exact) mass is 419 g/mol. The Hall–Kier alpha value is -3.45. The molecule has 3 aromatic carbocycles. The van der Waals surface area contributed by atoms with Crippen LogP contribution in [-0.2, 0) is 11.3 Å². The van der Waals surface area contributed by atoms with Crippen LogP contribution in [-0.4, -0.2) is 22.9 Å². The Balaban J connectivity index is 1.44. The third-order valence-electron chi connectivity index (χ3n) is 4.46. The Morgan fingerprint density at radius 2 is 1.87 bits per heavy atom. The molecule has 4 aromatic rings. The third kappa shape index (κ3) is 4.93. The van der Waals surface area contributed by atoms with Crippen molar-refractivity contribution in [2.24, 2.45) is 5.10 Å². The molecule has 4 rings (SSSR count). The van der Waals surface area contributed by atoms with Gasteiger partial charge in [0.15, 0.2) is 11.0 Å². The van der Waals surface area contributed by atoms with Crippen molar-refractivity contribution in [3.63, 3.8) is 0 Å². The number of para-hydroxylation sites is 2. The van der Waals surface area contributed by atoms with Crippen molar-refractivity contribution in [3.8, 4) is 0 Å². The smallest absolute Gasteiger partial charge is 0.272 e. The van der Waals surface area contributed by atoms with E-state index in [1.807, 2.05) is 36.4 Å². The van der Waals surface area contributed by atoms with Gasteiger partial charge < -0.3 is 0 Å². The lowest BCUT2D eigenvalue weighted by atomic mass is 10.2. The van der Waals surface area contributed by atoms with Gasteiger partial charge in [0.2, 0.25) is 0 Å². The first-order valence-corrected chi connectivity index (χ1v) is 10.4. The fraction of sp³-hybridized carbons (Fsp3) is 0.0870. The lowest BCUT2D eigenvalue weighted by Gasteiger charge is -2.02. The summed E-state index contributed by atoms with van der Waals surface area (Å²) in [6.45, 7) is 0.701. The lowest BCUT2D eigenvalue weighted by Crippen LogP contribution is -2.36. The number of thioether (sulfide) groups is 1. The lowest BCUT2D eigenvalue weighted by molar-refractivity contribution is -0.700. The number of fused-ring (bicyclic) bond motifs is 1. The van der Waals surface area contributed by atoms with Gasteiger partial charge in [0, 0.05) is 0 Å². The third-order valence-corrected chi connectivity index (χ3v) is 5.46. The van der Waals surface area contributed by atoms with Crippen molar-refractivity contribution >= 4 is 34.9 Å². The predicted molar refractivity (Wildman–Crippen MR) is 117 cm³/mol. The zero-order chi connectivity index (χ0) is 20.8. The quantitative estimate of drug-likeness (QED) is 0.207. The maximum atomic E-state index is 13.2. The second-order valence-corrected chi connectivity index (χ2v) is 7.62. The Bertz CT molecular complexity index is 1190. The van der Waals surface area contributed by atoms with Crippen LogP contribution < -0.4 is 9.99 Å². The predicted octanol–water partition coefficient (Wildman–Crippen LogP) is 3.89. The number of hydrazone groups is 1. The first-order chi connectivity index (χ1) is 14.7.